The summed E-state index contributed by atoms with van der Waals surface area (Å²) in [5, 5.41) is 1.57. The molecule has 0 saturated carbocycles. The summed E-state index contributed by atoms with van der Waals surface area (Å²) in [6.45, 7) is 1.45. The standard InChI is InChI=1S/C25H20F3IN2O6S/c1-4-8-37-22-16(29)9-14(10-19(22)36-5-2)11-20-23(33)31(24(34)38-20)13-21(32)30-17-12-15(25(26,27)28)6-7-18(17)35-3/h1,6-7,9-12H,5,8,13H2,2-3H3,(H,30,32)/b20-11-. The molecule has 1 heterocycles. The molecule has 2 aromatic carbocycles. The van der Waals surface area contributed by atoms with Crippen LogP contribution in [-0.2, 0) is 15.8 Å². The molecule has 13 heteroatoms. The van der Waals surface area contributed by atoms with Gasteiger partial charge in [-0.25, -0.2) is 0 Å². The summed E-state index contributed by atoms with van der Waals surface area (Å²) in [7, 11) is 1.23. The average Bonchev–Trinajstić information content (AvgIpc) is 3.10. The second kappa shape index (κ2) is 12.4. The number of hydrogen-bond donors (Lipinski definition) is 1. The van der Waals surface area contributed by atoms with Crippen LogP contribution in [0.2, 0.25) is 0 Å². The summed E-state index contributed by atoms with van der Waals surface area (Å²) in [5.74, 6) is 1.59. The Hall–Kier alpha value is -3.38. The van der Waals surface area contributed by atoms with Gasteiger partial charge in [0.15, 0.2) is 11.5 Å². The van der Waals surface area contributed by atoms with Crippen LogP contribution < -0.4 is 19.5 Å². The second-order valence-electron chi connectivity index (χ2n) is 7.48. The molecule has 1 N–H and O–H groups in total. The highest BCUT2D eigenvalue weighted by Crippen LogP contribution is 2.38. The lowest BCUT2D eigenvalue weighted by atomic mass is 10.1. The molecule has 1 aliphatic heterocycles. The Labute approximate surface area is 234 Å². The molecule has 0 unspecified atom stereocenters. The Morgan fingerprint density at radius 1 is 1.21 bits per heavy atom. The van der Waals surface area contributed by atoms with Crippen LogP contribution in [0.5, 0.6) is 17.2 Å². The van der Waals surface area contributed by atoms with Crippen LogP contribution in [-0.4, -0.2) is 48.8 Å². The van der Waals surface area contributed by atoms with Gasteiger partial charge in [0.05, 0.1) is 33.4 Å². The van der Waals surface area contributed by atoms with Crippen LogP contribution in [0.15, 0.2) is 35.2 Å². The predicted molar refractivity (Wildman–Crippen MR) is 144 cm³/mol. The van der Waals surface area contributed by atoms with Crippen LogP contribution in [0.25, 0.3) is 6.08 Å². The lowest BCUT2D eigenvalue weighted by Gasteiger charge is -2.16. The Morgan fingerprint density at radius 3 is 2.58 bits per heavy atom. The summed E-state index contributed by atoms with van der Waals surface area (Å²) in [6, 6.07) is 5.90. The molecule has 0 atom stereocenters. The zero-order valence-corrected chi connectivity index (χ0v) is 23.0. The van der Waals surface area contributed by atoms with Gasteiger partial charge >= 0.3 is 6.18 Å². The van der Waals surface area contributed by atoms with E-state index in [0.717, 1.165) is 12.1 Å². The van der Waals surface area contributed by atoms with Gasteiger partial charge in [-0.15, -0.1) is 6.42 Å². The van der Waals surface area contributed by atoms with Gasteiger partial charge in [0.2, 0.25) is 5.91 Å². The van der Waals surface area contributed by atoms with Crippen molar-refractivity contribution in [3.05, 3.63) is 49.9 Å². The molecule has 2 aromatic rings. The fourth-order valence-corrected chi connectivity index (χ4v) is 4.91. The average molecular weight is 660 g/mol. The largest absolute Gasteiger partial charge is 0.495 e. The molecular weight excluding hydrogens is 640 g/mol. The fraction of sp³-hybridized carbons (Fsp3) is 0.240. The van der Waals surface area contributed by atoms with E-state index in [4.69, 9.17) is 20.6 Å². The molecule has 3 amide bonds. The minimum Gasteiger partial charge on any atom is -0.495 e. The topological polar surface area (TPSA) is 94.2 Å². The van der Waals surface area contributed by atoms with Crippen molar-refractivity contribution in [2.75, 3.05) is 32.2 Å². The lowest BCUT2D eigenvalue weighted by molar-refractivity contribution is -0.137. The Morgan fingerprint density at radius 2 is 1.95 bits per heavy atom. The highest BCUT2D eigenvalue weighted by molar-refractivity contribution is 14.1. The van der Waals surface area contributed by atoms with E-state index in [9.17, 15) is 27.6 Å². The van der Waals surface area contributed by atoms with Gasteiger partial charge in [-0.2, -0.15) is 13.2 Å². The van der Waals surface area contributed by atoms with Gasteiger partial charge < -0.3 is 19.5 Å². The third kappa shape index (κ3) is 6.93. The fourth-order valence-electron chi connectivity index (χ4n) is 3.29. The molecule has 0 aliphatic carbocycles. The molecular formula is C25H20F3IN2O6S. The Kier molecular flexibility index (Phi) is 9.55. The van der Waals surface area contributed by atoms with Crippen molar-refractivity contribution in [3.8, 4) is 29.6 Å². The number of carbonyl (C=O) groups is 3. The van der Waals surface area contributed by atoms with E-state index in [1.807, 2.05) is 22.6 Å². The normalized spacial score (nSPS) is 14.4. The van der Waals surface area contributed by atoms with E-state index in [1.54, 1.807) is 19.1 Å². The monoisotopic (exact) mass is 660 g/mol. The maximum Gasteiger partial charge on any atom is 0.416 e. The van der Waals surface area contributed by atoms with E-state index in [0.29, 0.717) is 50.0 Å². The van der Waals surface area contributed by atoms with E-state index in [-0.39, 0.29) is 22.9 Å². The van der Waals surface area contributed by atoms with E-state index in [2.05, 4.69) is 11.2 Å². The molecule has 3 rings (SSSR count). The molecule has 0 aromatic heterocycles. The molecule has 1 saturated heterocycles. The predicted octanol–water partition coefficient (Wildman–Crippen LogP) is 5.40. The number of imide groups is 1. The van der Waals surface area contributed by atoms with Crippen molar-refractivity contribution in [1.29, 1.82) is 0 Å². The van der Waals surface area contributed by atoms with Crippen molar-refractivity contribution in [3.63, 3.8) is 0 Å². The summed E-state index contributed by atoms with van der Waals surface area (Å²) in [4.78, 5) is 38.7. The number of amides is 3. The number of anilines is 1. The number of ether oxygens (including phenoxy) is 3. The zero-order valence-electron chi connectivity index (χ0n) is 20.0. The molecule has 200 valence electrons. The van der Waals surface area contributed by atoms with E-state index < -0.39 is 35.3 Å². The first-order valence-electron chi connectivity index (χ1n) is 10.8. The first-order chi connectivity index (χ1) is 18.0. The number of nitrogens with zero attached hydrogens (tertiary/aromatic N) is 1. The van der Waals surface area contributed by atoms with Crippen LogP contribution in [0.1, 0.15) is 18.1 Å². The number of rotatable bonds is 9. The third-order valence-electron chi connectivity index (χ3n) is 4.91. The van der Waals surface area contributed by atoms with Crippen molar-refractivity contribution >= 4 is 63.2 Å². The number of nitrogens with one attached hydrogen (secondary N) is 1. The van der Waals surface area contributed by atoms with Gasteiger partial charge in [-0.1, -0.05) is 5.92 Å². The first kappa shape index (κ1) is 29.2. The van der Waals surface area contributed by atoms with Gasteiger partial charge in [0.25, 0.3) is 11.1 Å². The summed E-state index contributed by atoms with van der Waals surface area (Å²) in [5.41, 5.74) is -0.714. The number of carbonyl (C=O) groups excluding carboxylic acids is 3. The Balaban J connectivity index is 1.79. The third-order valence-corrected chi connectivity index (χ3v) is 6.61. The zero-order chi connectivity index (χ0) is 28.0. The van der Waals surface area contributed by atoms with Crippen molar-refractivity contribution in [1.82, 2.24) is 4.90 Å². The van der Waals surface area contributed by atoms with Crippen LogP contribution in [0.4, 0.5) is 23.7 Å². The molecule has 1 fully saturated rings. The van der Waals surface area contributed by atoms with Crippen molar-refractivity contribution in [2.45, 2.75) is 13.1 Å². The van der Waals surface area contributed by atoms with Gasteiger partial charge in [0, 0.05) is 0 Å². The lowest BCUT2D eigenvalue weighted by Crippen LogP contribution is -2.36. The number of thioether (sulfide) groups is 1. The summed E-state index contributed by atoms with van der Waals surface area (Å²) < 4.78 is 56.1. The number of methoxy groups -OCH3 is 1. The van der Waals surface area contributed by atoms with E-state index >= 15 is 0 Å². The van der Waals surface area contributed by atoms with Crippen molar-refractivity contribution in [2.24, 2.45) is 0 Å². The number of alkyl halides is 3. The number of terminal acetylenes is 1. The highest BCUT2D eigenvalue weighted by Gasteiger charge is 2.37. The maximum atomic E-state index is 13.1. The quantitative estimate of drug-likeness (QED) is 0.219. The van der Waals surface area contributed by atoms with Crippen LogP contribution in [0, 0.1) is 15.9 Å². The van der Waals surface area contributed by atoms with Gasteiger partial charge in [0.1, 0.15) is 18.9 Å². The summed E-state index contributed by atoms with van der Waals surface area (Å²) >= 11 is 2.65. The molecule has 0 radical (unpaired) electrons. The highest BCUT2D eigenvalue weighted by atomic mass is 127. The smallest absolute Gasteiger partial charge is 0.416 e. The number of halogens is 4. The SMILES string of the molecule is C#CCOc1c(I)cc(/C=C2\SC(=O)N(CC(=O)Nc3cc(C(F)(F)F)ccc3OC)C2=O)cc1OCC. The molecule has 0 bridgehead atoms. The van der Waals surface area contributed by atoms with Gasteiger partial charge in [-0.05, 0) is 83.2 Å². The van der Waals surface area contributed by atoms with Crippen molar-refractivity contribution < 1.29 is 41.8 Å². The second-order valence-corrected chi connectivity index (χ2v) is 9.64. The van der Waals surface area contributed by atoms with Gasteiger partial charge in [-0.3, -0.25) is 19.3 Å². The van der Waals surface area contributed by atoms with Crippen LogP contribution >= 0.6 is 34.4 Å². The molecule has 8 nitrogen and oxygen atoms in total. The molecule has 0 spiro atoms. The molecule has 38 heavy (non-hydrogen) atoms. The first-order valence-corrected chi connectivity index (χ1v) is 12.7. The van der Waals surface area contributed by atoms with E-state index in [1.165, 1.54) is 13.2 Å². The minimum absolute atomic E-state index is 0.0187. The van der Waals surface area contributed by atoms with Crippen LogP contribution in [0.3, 0.4) is 0 Å². The molecule has 1 aliphatic rings. The summed E-state index contributed by atoms with van der Waals surface area (Å²) in [6.07, 6.45) is 2.08. The number of benzene rings is 2. The maximum absolute atomic E-state index is 13.1. The minimum atomic E-state index is -4.64. The Bertz CT molecular complexity index is 1340. The number of hydrogen-bond acceptors (Lipinski definition) is 7.